The third-order valence-electron chi connectivity index (χ3n) is 5.48. The number of hydrogen-bond donors (Lipinski definition) is 1. The van der Waals surface area contributed by atoms with E-state index in [1.54, 1.807) is 44.6 Å². The average molecular weight is 440 g/mol. The van der Waals surface area contributed by atoms with Gasteiger partial charge in [-0.1, -0.05) is 5.16 Å². The van der Waals surface area contributed by atoms with Crippen molar-refractivity contribution in [1.29, 1.82) is 0 Å². The van der Waals surface area contributed by atoms with Crippen molar-refractivity contribution >= 4 is 11.6 Å². The van der Waals surface area contributed by atoms with E-state index in [1.165, 1.54) is 12.1 Å². The Morgan fingerprint density at radius 2 is 1.78 bits per heavy atom. The highest BCUT2D eigenvalue weighted by Crippen LogP contribution is 2.29. The number of benzene rings is 2. The molecule has 3 aromatic rings. The molecule has 168 valence electrons. The minimum absolute atomic E-state index is 0.102. The highest BCUT2D eigenvalue weighted by molar-refractivity contribution is 5.92. The van der Waals surface area contributed by atoms with E-state index in [9.17, 15) is 9.18 Å². The molecule has 0 aliphatic carbocycles. The molecule has 1 amide bonds. The van der Waals surface area contributed by atoms with Crippen LogP contribution in [0.2, 0.25) is 0 Å². The number of carbonyl (C=O) groups is 1. The summed E-state index contributed by atoms with van der Waals surface area (Å²) in [5.74, 6) is 1.99. The van der Waals surface area contributed by atoms with Gasteiger partial charge in [0.25, 0.3) is 0 Å². The molecule has 9 heteroatoms. The Morgan fingerprint density at radius 3 is 2.41 bits per heavy atom. The Balaban J connectivity index is 1.30. The Labute approximate surface area is 185 Å². The molecule has 1 saturated heterocycles. The molecule has 0 bridgehead atoms. The lowest BCUT2D eigenvalue weighted by Crippen LogP contribution is -2.38. The van der Waals surface area contributed by atoms with Gasteiger partial charge in [-0.15, -0.1) is 0 Å². The van der Waals surface area contributed by atoms with Crippen molar-refractivity contribution in [3.05, 3.63) is 54.2 Å². The fourth-order valence-electron chi connectivity index (χ4n) is 3.74. The highest BCUT2D eigenvalue weighted by atomic mass is 19.1. The third kappa shape index (κ3) is 5.23. The molecule has 4 rings (SSSR count). The van der Waals surface area contributed by atoms with Crippen LogP contribution in [0.15, 0.2) is 47.0 Å². The van der Waals surface area contributed by atoms with Crippen LogP contribution in [0.4, 0.5) is 10.1 Å². The number of piperidine rings is 1. The van der Waals surface area contributed by atoms with E-state index >= 15 is 0 Å². The smallest absolute Gasteiger partial charge is 0.238 e. The number of aromatic nitrogens is 2. The minimum Gasteiger partial charge on any atom is -0.497 e. The molecule has 0 atom stereocenters. The Kier molecular flexibility index (Phi) is 6.65. The van der Waals surface area contributed by atoms with E-state index in [2.05, 4.69) is 20.4 Å². The molecule has 0 spiro atoms. The van der Waals surface area contributed by atoms with E-state index in [4.69, 9.17) is 14.0 Å². The van der Waals surface area contributed by atoms with Crippen molar-refractivity contribution in [2.24, 2.45) is 0 Å². The van der Waals surface area contributed by atoms with Gasteiger partial charge in [0, 0.05) is 35.4 Å². The molecule has 1 aliphatic rings. The maximum absolute atomic E-state index is 13.1. The summed E-state index contributed by atoms with van der Waals surface area (Å²) in [4.78, 5) is 19.1. The van der Waals surface area contributed by atoms with Crippen LogP contribution in [0, 0.1) is 5.82 Å². The van der Waals surface area contributed by atoms with Gasteiger partial charge in [-0.25, -0.2) is 4.39 Å². The second-order valence-corrected chi connectivity index (χ2v) is 7.66. The second-order valence-electron chi connectivity index (χ2n) is 7.66. The zero-order chi connectivity index (χ0) is 22.5. The molecule has 0 unspecified atom stereocenters. The van der Waals surface area contributed by atoms with Gasteiger partial charge >= 0.3 is 0 Å². The van der Waals surface area contributed by atoms with Crippen molar-refractivity contribution in [2.75, 3.05) is 39.2 Å². The number of likely N-dealkylation sites (tertiary alicyclic amines) is 1. The number of anilines is 1. The van der Waals surface area contributed by atoms with Crippen molar-refractivity contribution in [1.82, 2.24) is 15.0 Å². The van der Waals surface area contributed by atoms with Gasteiger partial charge in [0.2, 0.25) is 17.6 Å². The number of nitrogens with zero attached hydrogens (tertiary/aromatic N) is 3. The summed E-state index contributed by atoms with van der Waals surface area (Å²) < 4.78 is 29.0. The fraction of sp³-hybridized carbons (Fsp3) is 0.348. The quantitative estimate of drug-likeness (QED) is 0.599. The lowest BCUT2D eigenvalue weighted by molar-refractivity contribution is -0.117. The summed E-state index contributed by atoms with van der Waals surface area (Å²) in [7, 11) is 3.13. The Bertz CT molecular complexity index is 1040. The number of carbonyl (C=O) groups excluding carboxylic acids is 1. The first-order chi connectivity index (χ1) is 15.5. The first kappa shape index (κ1) is 21.8. The zero-order valence-corrected chi connectivity index (χ0v) is 18.0. The summed E-state index contributed by atoms with van der Waals surface area (Å²) in [5.41, 5.74) is 1.34. The maximum atomic E-state index is 13.1. The Morgan fingerprint density at radius 1 is 1.12 bits per heavy atom. The summed E-state index contributed by atoms with van der Waals surface area (Å²) >= 11 is 0. The molecule has 2 heterocycles. The summed E-state index contributed by atoms with van der Waals surface area (Å²) in [6.45, 7) is 1.78. The average Bonchev–Trinajstić information content (AvgIpc) is 3.30. The predicted octanol–water partition coefficient (Wildman–Crippen LogP) is 3.71. The molecule has 0 radical (unpaired) electrons. The zero-order valence-electron chi connectivity index (χ0n) is 18.0. The van der Waals surface area contributed by atoms with E-state index in [-0.39, 0.29) is 24.2 Å². The van der Waals surface area contributed by atoms with Gasteiger partial charge in [0.1, 0.15) is 17.3 Å². The first-order valence-corrected chi connectivity index (χ1v) is 10.4. The van der Waals surface area contributed by atoms with E-state index in [1.807, 2.05) is 0 Å². The molecular weight excluding hydrogens is 415 g/mol. The monoisotopic (exact) mass is 440 g/mol. The van der Waals surface area contributed by atoms with Gasteiger partial charge in [-0.2, -0.15) is 4.98 Å². The Hall–Kier alpha value is -3.46. The first-order valence-electron chi connectivity index (χ1n) is 10.4. The van der Waals surface area contributed by atoms with E-state index in [0.717, 1.165) is 25.9 Å². The standard InChI is InChI=1S/C23H25FN4O4/c1-30-19-11-18(12-20(13-19)31-2)25-21(29)14-28-9-7-16(8-10-28)23-26-22(27-32-23)15-3-5-17(24)6-4-15/h3-6,11-13,16H,7-10,14H2,1-2H3,(H,25,29). The highest BCUT2D eigenvalue weighted by Gasteiger charge is 2.26. The van der Waals surface area contributed by atoms with Crippen LogP contribution in [-0.4, -0.2) is 54.8 Å². The lowest BCUT2D eigenvalue weighted by Gasteiger charge is -2.29. The van der Waals surface area contributed by atoms with Crippen molar-refractivity contribution in [3.8, 4) is 22.9 Å². The lowest BCUT2D eigenvalue weighted by atomic mass is 9.97. The molecule has 1 N–H and O–H groups in total. The summed E-state index contributed by atoms with van der Waals surface area (Å²) in [6, 6.07) is 11.3. The molecular formula is C23H25FN4O4. The number of ether oxygens (including phenoxy) is 2. The van der Waals surface area contributed by atoms with Crippen LogP contribution in [-0.2, 0) is 4.79 Å². The van der Waals surface area contributed by atoms with Gasteiger partial charge in [-0.05, 0) is 50.2 Å². The van der Waals surface area contributed by atoms with Crippen LogP contribution in [0.25, 0.3) is 11.4 Å². The molecule has 2 aromatic carbocycles. The van der Waals surface area contributed by atoms with E-state index < -0.39 is 0 Å². The van der Waals surface area contributed by atoms with Crippen LogP contribution >= 0.6 is 0 Å². The van der Waals surface area contributed by atoms with Crippen LogP contribution < -0.4 is 14.8 Å². The van der Waals surface area contributed by atoms with Crippen molar-refractivity contribution in [3.63, 3.8) is 0 Å². The van der Waals surface area contributed by atoms with Crippen LogP contribution in [0.5, 0.6) is 11.5 Å². The molecule has 1 aliphatic heterocycles. The van der Waals surface area contributed by atoms with E-state index in [0.29, 0.717) is 34.5 Å². The molecule has 32 heavy (non-hydrogen) atoms. The van der Waals surface area contributed by atoms with Gasteiger partial charge in [0.05, 0.1) is 20.8 Å². The number of methoxy groups -OCH3 is 2. The number of nitrogens with one attached hydrogen (secondary N) is 1. The predicted molar refractivity (Wildman–Crippen MR) is 116 cm³/mol. The number of hydrogen-bond acceptors (Lipinski definition) is 7. The molecule has 8 nitrogen and oxygen atoms in total. The minimum atomic E-state index is -0.306. The van der Waals surface area contributed by atoms with Crippen LogP contribution in [0.3, 0.4) is 0 Å². The molecule has 1 fully saturated rings. The maximum Gasteiger partial charge on any atom is 0.238 e. The number of rotatable bonds is 7. The van der Waals surface area contributed by atoms with Gasteiger partial charge < -0.3 is 19.3 Å². The SMILES string of the molecule is COc1cc(NC(=O)CN2CCC(c3nc(-c4ccc(F)cc4)no3)CC2)cc(OC)c1. The van der Waals surface area contributed by atoms with Gasteiger partial charge in [-0.3, -0.25) is 9.69 Å². The molecule has 0 saturated carbocycles. The largest absolute Gasteiger partial charge is 0.497 e. The fourth-order valence-corrected chi connectivity index (χ4v) is 3.74. The number of halogens is 1. The molecule has 1 aromatic heterocycles. The van der Waals surface area contributed by atoms with Crippen molar-refractivity contribution in [2.45, 2.75) is 18.8 Å². The summed E-state index contributed by atoms with van der Waals surface area (Å²) in [5, 5.41) is 6.93. The summed E-state index contributed by atoms with van der Waals surface area (Å²) in [6.07, 6.45) is 1.62. The topological polar surface area (TPSA) is 89.7 Å². The van der Waals surface area contributed by atoms with Crippen LogP contribution in [0.1, 0.15) is 24.7 Å². The number of amides is 1. The normalized spacial score (nSPS) is 14.8. The van der Waals surface area contributed by atoms with Gasteiger partial charge in [0.15, 0.2) is 0 Å². The third-order valence-corrected chi connectivity index (χ3v) is 5.48. The second kappa shape index (κ2) is 9.78. The van der Waals surface area contributed by atoms with Crippen molar-refractivity contribution < 1.29 is 23.2 Å².